The summed E-state index contributed by atoms with van der Waals surface area (Å²) in [5.74, 6) is 0.349. The highest BCUT2D eigenvalue weighted by Crippen LogP contribution is 2.15. The maximum atomic E-state index is 12.0. The minimum Gasteiger partial charge on any atom is -0.360 e. The van der Waals surface area contributed by atoms with E-state index >= 15 is 0 Å². The number of carbonyl (C=O) groups excluding carboxylic acids is 2. The van der Waals surface area contributed by atoms with Crippen molar-refractivity contribution in [2.45, 2.75) is 45.1 Å². The zero-order valence-electron chi connectivity index (χ0n) is 11.2. The molecular weight excluding hydrogens is 246 g/mol. The maximum absolute atomic E-state index is 12.0. The molecule has 1 fully saturated rings. The molecule has 0 aromatic carbocycles. The number of hydrogen-bond donors (Lipinski definition) is 2. The maximum Gasteiger partial charge on any atom is 0.274 e. The van der Waals surface area contributed by atoms with Crippen LogP contribution in [0.3, 0.4) is 0 Å². The molecule has 1 aliphatic rings. The largest absolute Gasteiger partial charge is 0.360 e. The third-order valence-corrected chi connectivity index (χ3v) is 3.17. The molecule has 0 aliphatic carbocycles. The van der Waals surface area contributed by atoms with E-state index in [9.17, 15) is 9.59 Å². The van der Waals surface area contributed by atoms with Crippen LogP contribution in [-0.4, -0.2) is 29.6 Å². The minimum absolute atomic E-state index is 0.126. The monoisotopic (exact) mass is 265 g/mol. The van der Waals surface area contributed by atoms with E-state index in [0.29, 0.717) is 18.7 Å². The summed E-state index contributed by atoms with van der Waals surface area (Å²) in [4.78, 5) is 23.7. The number of rotatable bonds is 3. The molecule has 0 saturated carbocycles. The molecule has 1 unspecified atom stereocenters. The summed E-state index contributed by atoms with van der Waals surface area (Å²) >= 11 is 0. The molecule has 2 rings (SSSR count). The Labute approximate surface area is 111 Å². The van der Waals surface area contributed by atoms with E-state index < -0.39 is 6.04 Å². The Bertz CT molecular complexity index is 467. The predicted octanol–water partition coefficient (Wildman–Crippen LogP) is 1.20. The van der Waals surface area contributed by atoms with Gasteiger partial charge in [0.25, 0.3) is 5.91 Å². The molecule has 6 heteroatoms. The van der Waals surface area contributed by atoms with Gasteiger partial charge >= 0.3 is 0 Å². The molecule has 2 heterocycles. The summed E-state index contributed by atoms with van der Waals surface area (Å²) in [5.41, 5.74) is 0.223. The van der Waals surface area contributed by atoms with Crippen LogP contribution in [-0.2, 0) is 4.79 Å². The van der Waals surface area contributed by atoms with Crippen molar-refractivity contribution < 1.29 is 14.1 Å². The van der Waals surface area contributed by atoms with Gasteiger partial charge in [-0.3, -0.25) is 9.59 Å². The van der Waals surface area contributed by atoms with Crippen molar-refractivity contribution >= 4 is 11.8 Å². The van der Waals surface area contributed by atoms with Crippen LogP contribution in [0.2, 0.25) is 0 Å². The molecule has 1 aromatic rings. The average Bonchev–Trinajstić information content (AvgIpc) is 2.78. The molecule has 19 heavy (non-hydrogen) atoms. The highest BCUT2D eigenvalue weighted by atomic mass is 16.5. The zero-order chi connectivity index (χ0) is 13.8. The van der Waals surface area contributed by atoms with E-state index in [-0.39, 0.29) is 23.4 Å². The van der Waals surface area contributed by atoms with Gasteiger partial charge in [-0.2, -0.15) is 0 Å². The molecule has 104 valence electrons. The third kappa shape index (κ3) is 3.33. The number of aromatic nitrogens is 1. The van der Waals surface area contributed by atoms with Crippen molar-refractivity contribution in [2.75, 3.05) is 6.54 Å². The lowest BCUT2D eigenvalue weighted by Gasteiger charge is -2.13. The van der Waals surface area contributed by atoms with E-state index in [1.54, 1.807) is 6.07 Å². The van der Waals surface area contributed by atoms with Crippen LogP contribution in [0.1, 0.15) is 55.3 Å². The van der Waals surface area contributed by atoms with Crippen LogP contribution in [0, 0.1) is 0 Å². The molecule has 0 radical (unpaired) electrons. The fraction of sp³-hybridized carbons (Fsp3) is 0.615. The Kier molecular flexibility index (Phi) is 4.19. The first kappa shape index (κ1) is 13.6. The topological polar surface area (TPSA) is 84.2 Å². The van der Waals surface area contributed by atoms with Gasteiger partial charge in [-0.1, -0.05) is 19.0 Å². The standard InChI is InChI=1S/C13H19N3O3/c1-8(2)11-7-10(16-19-11)13(18)15-9-5-3-4-6-14-12(9)17/h7-9H,3-6H2,1-2H3,(H,14,17)(H,15,18). The van der Waals surface area contributed by atoms with Gasteiger partial charge < -0.3 is 15.2 Å². The lowest BCUT2D eigenvalue weighted by Crippen LogP contribution is -2.45. The summed E-state index contributed by atoms with van der Waals surface area (Å²) in [6, 6.07) is 1.14. The molecule has 0 bridgehead atoms. The van der Waals surface area contributed by atoms with Crippen LogP contribution in [0.25, 0.3) is 0 Å². The van der Waals surface area contributed by atoms with Gasteiger partial charge in [0.15, 0.2) is 5.69 Å². The Morgan fingerprint density at radius 1 is 1.53 bits per heavy atom. The minimum atomic E-state index is -0.478. The Hall–Kier alpha value is -1.85. The van der Waals surface area contributed by atoms with Crippen LogP contribution >= 0.6 is 0 Å². The highest BCUT2D eigenvalue weighted by molar-refractivity contribution is 5.96. The second-order valence-corrected chi connectivity index (χ2v) is 5.08. The lowest BCUT2D eigenvalue weighted by atomic mass is 10.1. The van der Waals surface area contributed by atoms with Crippen molar-refractivity contribution in [2.24, 2.45) is 0 Å². The van der Waals surface area contributed by atoms with Gasteiger partial charge in [-0.05, 0) is 19.3 Å². The molecular formula is C13H19N3O3. The van der Waals surface area contributed by atoms with Crippen LogP contribution < -0.4 is 10.6 Å². The van der Waals surface area contributed by atoms with Crippen molar-refractivity contribution in [1.82, 2.24) is 15.8 Å². The van der Waals surface area contributed by atoms with E-state index in [2.05, 4.69) is 15.8 Å². The van der Waals surface area contributed by atoms with Gasteiger partial charge in [0.2, 0.25) is 5.91 Å². The number of carbonyl (C=O) groups is 2. The Morgan fingerprint density at radius 3 is 3.00 bits per heavy atom. The first-order valence-electron chi connectivity index (χ1n) is 6.63. The van der Waals surface area contributed by atoms with Crippen molar-refractivity contribution in [3.8, 4) is 0 Å². The van der Waals surface area contributed by atoms with Gasteiger partial charge in [0, 0.05) is 18.5 Å². The Balaban J connectivity index is 2.00. The average molecular weight is 265 g/mol. The number of nitrogens with one attached hydrogen (secondary N) is 2. The van der Waals surface area contributed by atoms with Gasteiger partial charge in [0.1, 0.15) is 11.8 Å². The number of amides is 2. The Morgan fingerprint density at radius 2 is 2.32 bits per heavy atom. The van der Waals surface area contributed by atoms with Crippen molar-refractivity contribution in [3.63, 3.8) is 0 Å². The molecule has 0 spiro atoms. The van der Waals surface area contributed by atoms with Crippen LogP contribution in [0.4, 0.5) is 0 Å². The second kappa shape index (κ2) is 5.86. The SMILES string of the molecule is CC(C)c1cc(C(=O)NC2CCCCNC2=O)no1. The molecule has 1 atom stereocenters. The van der Waals surface area contributed by atoms with Crippen LogP contribution in [0.15, 0.2) is 10.6 Å². The first-order valence-corrected chi connectivity index (χ1v) is 6.63. The molecule has 1 aliphatic heterocycles. The summed E-state index contributed by atoms with van der Waals surface area (Å²) in [6.45, 7) is 4.59. The molecule has 1 saturated heterocycles. The number of nitrogens with zero attached hydrogens (tertiary/aromatic N) is 1. The lowest BCUT2D eigenvalue weighted by molar-refractivity contribution is -0.122. The molecule has 2 amide bonds. The molecule has 2 N–H and O–H groups in total. The molecule has 1 aromatic heterocycles. The van der Waals surface area contributed by atoms with E-state index in [1.807, 2.05) is 13.8 Å². The first-order chi connectivity index (χ1) is 9.08. The third-order valence-electron chi connectivity index (χ3n) is 3.17. The van der Waals surface area contributed by atoms with Gasteiger partial charge in [0.05, 0.1) is 0 Å². The summed E-state index contributed by atoms with van der Waals surface area (Å²) in [5, 5.41) is 9.21. The quantitative estimate of drug-likeness (QED) is 0.860. The molecule has 6 nitrogen and oxygen atoms in total. The normalized spacial score (nSPS) is 19.9. The second-order valence-electron chi connectivity index (χ2n) is 5.08. The summed E-state index contributed by atoms with van der Waals surface area (Å²) in [6.07, 6.45) is 2.52. The predicted molar refractivity (Wildman–Crippen MR) is 68.7 cm³/mol. The van der Waals surface area contributed by atoms with Gasteiger partial charge in [-0.15, -0.1) is 0 Å². The van der Waals surface area contributed by atoms with E-state index in [0.717, 1.165) is 12.8 Å². The summed E-state index contributed by atoms with van der Waals surface area (Å²) < 4.78 is 5.08. The van der Waals surface area contributed by atoms with Gasteiger partial charge in [-0.25, -0.2) is 0 Å². The highest BCUT2D eigenvalue weighted by Gasteiger charge is 2.24. The van der Waals surface area contributed by atoms with Crippen molar-refractivity contribution in [1.29, 1.82) is 0 Å². The fourth-order valence-electron chi connectivity index (χ4n) is 1.98. The van der Waals surface area contributed by atoms with E-state index in [1.165, 1.54) is 0 Å². The van der Waals surface area contributed by atoms with E-state index in [4.69, 9.17) is 4.52 Å². The number of hydrogen-bond acceptors (Lipinski definition) is 4. The van der Waals surface area contributed by atoms with Crippen LogP contribution in [0.5, 0.6) is 0 Å². The zero-order valence-corrected chi connectivity index (χ0v) is 11.2. The smallest absolute Gasteiger partial charge is 0.274 e. The fourth-order valence-corrected chi connectivity index (χ4v) is 1.98. The summed E-state index contributed by atoms with van der Waals surface area (Å²) in [7, 11) is 0. The van der Waals surface area contributed by atoms with Crippen molar-refractivity contribution in [3.05, 3.63) is 17.5 Å².